The van der Waals surface area contributed by atoms with E-state index in [0.717, 1.165) is 5.56 Å². The van der Waals surface area contributed by atoms with Crippen LogP contribution in [0.5, 0.6) is 0 Å². The second-order valence-electron chi connectivity index (χ2n) is 9.17. The van der Waals surface area contributed by atoms with Gasteiger partial charge in [0.15, 0.2) is 9.76 Å². The number of likely N-dealkylation sites (tertiary alicyclic amines) is 1. The van der Waals surface area contributed by atoms with E-state index in [2.05, 4.69) is 24.3 Å². The van der Waals surface area contributed by atoms with E-state index in [1.807, 2.05) is 66.7 Å². The van der Waals surface area contributed by atoms with Gasteiger partial charge in [0.05, 0.1) is 0 Å². The number of ether oxygens (including phenoxy) is 1. The van der Waals surface area contributed by atoms with Gasteiger partial charge in [-0.2, -0.15) is 0 Å². The number of β-lactam (4-membered cyclic amide) rings is 1. The summed E-state index contributed by atoms with van der Waals surface area (Å²) >= 11 is 0. The minimum absolute atomic E-state index is 0.104. The first kappa shape index (κ1) is 23.0. The predicted octanol–water partition coefficient (Wildman–Crippen LogP) is 4.76. The highest BCUT2D eigenvalue weighted by atomic mass is 28.2. The summed E-state index contributed by atoms with van der Waals surface area (Å²) in [5, 5.41) is 0. The van der Waals surface area contributed by atoms with Gasteiger partial charge >= 0.3 is 6.09 Å². The molecule has 2 amide bonds. The molecule has 33 heavy (non-hydrogen) atoms. The maximum Gasteiger partial charge on any atom is 0.417 e. The molecular weight excluding hydrogens is 430 g/mol. The van der Waals surface area contributed by atoms with Gasteiger partial charge in [-0.25, -0.2) is 9.69 Å². The number of imide groups is 1. The number of carbonyl (C=O) groups is 2. The zero-order chi connectivity index (χ0) is 23.4. The first-order chi connectivity index (χ1) is 15.8. The minimum Gasteiger partial charge on any atom is -0.443 e. The topological polar surface area (TPSA) is 55.8 Å². The van der Waals surface area contributed by atoms with Crippen molar-refractivity contribution in [3.05, 3.63) is 108 Å². The lowest BCUT2D eigenvalue weighted by molar-refractivity contribution is -0.161. The molecule has 0 spiro atoms. The average molecular weight is 460 g/mol. The monoisotopic (exact) mass is 459 g/mol. The van der Waals surface area contributed by atoms with Crippen molar-refractivity contribution >= 4 is 21.8 Å². The average Bonchev–Trinajstić information content (AvgIpc) is 2.80. The molecular formula is C27H29NO4Si. The minimum atomic E-state index is -1.23. The van der Waals surface area contributed by atoms with Crippen LogP contribution in [0.1, 0.15) is 49.0 Å². The van der Waals surface area contributed by atoms with Gasteiger partial charge in [0, 0.05) is 5.54 Å². The fourth-order valence-electron chi connectivity index (χ4n) is 4.07. The zero-order valence-corrected chi connectivity index (χ0v) is 20.6. The highest BCUT2D eigenvalue weighted by Crippen LogP contribution is 2.39. The highest BCUT2D eigenvalue weighted by Gasteiger charge is 2.53. The maximum absolute atomic E-state index is 13.1. The van der Waals surface area contributed by atoms with Crippen molar-refractivity contribution in [1.29, 1.82) is 0 Å². The van der Waals surface area contributed by atoms with Crippen molar-refractivity contribution in [2.45, 2.75) is 44.1 Å². The standard InChI is InChI=1S/C27H29NO4Si/c1-27(2,3)31-26(30)28-22(19-13-7-4-8-14-19)23(25(28)29)32-33-24(20-15-9-5-10-16-20)21-17-11-6-12-18-21/h4-18,22-24H,33H2,1-3H3. The van der Waals surface area contributed by atoms with E-state index in [4.69, 9.17) is 9.16 Å². The molecule has 0 saturated carbocycles. The Morgan fingerprint density at radius 3 is 1.82 bits per heavy atom. The number of amides is 2. The largest absolute Gasteiger partial charge is 0.443 e. The molecule has 1 aliphatic rings. The summed E-state index contributed by atoms with van der Waals surface area (Å²) in [6.45, 7) is 5.37. The van der Waals surface area contributed by atoms with Gasteiger partial charge < -0.3 is 9.16 Å². The predicted molar refractivity (Wildman–Crippen MR) is 130 cm³/mol. The van der Waals surface area contributed by atoms with Crippen molar-refractivity contribution in [3.63, 3.8) is 0 Å². The molecule has 3 aromatic carbocycles. The molecule has 1 aliphatic heterocycles. The SMILES string of the molecule is CC(C)(C)OC(=O)N1C(=O)C(O[SiH2]C(c2ccccc2)c2ccccc2)C1c1ccccc1. The van der Waals surface area contributed by atoms with Crippen molar-refractivity contribution in [2.24, 2.45) is 0 Å². The van der Waals surface area contributed by atoms with Crippen LogP contribution in [0.3, 0.4) is 0 Å². The van der Waals surface area contributed by atoms with Crippen molar-refractivity contribution in [3.8, 4) is 0 Å². The molecule has 0 aromatic heterocycles. The lowest BCUT2D eigenvalue weighted by Gasteiger charge is -2.45. The number of hydrogen-bond donors (Lipinski definition) is 0. The fraction of sp³-hybridized carbons (Fsp3) is 0.259. The summed E-state index contributed by atoms with van der Waals surface area (Å²) in [7, 11) is -1.23. The van der Waals surface area contributed by atoms with Crippen LogP contribution in [0.25, 0.3) is 0 Å². The summed E-state index contributed by atoms with van der Waals surface area (Å²) < 4.78 is 11.9. The van der Waals surface area contributed by atoms with Crippen LogP contribution >= 0.6 is 0 Å². The Hall–Kier alpha value is -3.22. The van der Waals surface area contributed by atoms with Crippen LogP contribution in [0, 0.1) is 0 Å². The second kappa shape index (κ2) is 9.73. The van der Waals surface area contributed by atoms with Gasteiger partial charge in [0.2, 0.25) is 0 Å². The molecule has 6 heteroatoms. The third-order valence-electron chi connectivity index (χ3n) is 5.62. The van der Waals surface area contributed by atoms with E-state index < -0.39 is 33.6 Å². The fourth-order valence-corrected chi connectivity index (χ4v) is 5.72. The Balaban J connectivity index is 1.58. The van der Waals surface area contributed by atoms with Crippen LogP contribution in [0.15, 0.2) is 91.0 Å². The van der Waals surface area contributed by atoms with Crippen molar-refractivity contribution in [2.75, 3.05) is 0 Å². The Morgan fingerprint density at radius 1 is 0.848 bits per heavy atom. The molecule has 170 valence electrons. The summed E-state index contributed by atoms with van der Waals surface area (Å²) in [6, 6.07) is 29.5. The Kier molecular flexibility index (Phi) is 6.77. The Labute approximate surface area is 197 Å². The number of carbonyl (C=O) groups excluding carboxylic acids is 2. The molecule has 1 saturated heterocycles. The molecule has 5 nitrogen and oxygen atoms in total. The van der Waals surface area contributed by atoms with Gasteiger partial charge in [-0.05, 0) is 37.5 Å². The highest BCUT2D eigenvalue weighted by molar-refractivity contribution is 6.32. The van der Waals surface area contributed by atoms with Crippen LogP contribution < -0.4 is 0 Å². The molecule has 0 N–H and O–H groups in total. The molecule has 1 heterocycles. The lowest BCUT2D eigenvalue weighted by atomic mass is 9.91. The molecule has 0 radical (unpaired) electrons. The van der Waals surface area contributed by atoms with Gasteiger partial charge in [-0.15, -0.1) is 0 Å². The molecule has 3 aromatic rings. The van der Waals surface area contributed by atoms with Crippen LogP contribution in [-0.2, 0) is 14.0 Å². The van der Waals surface area contributed by atoms with E-state index >= 15 is 0 Å². The summed E-state index contributed by atoms with van der Waals surface area (Å²) in [5.41, 5.74) is 2.61. The lowest BCUT2D eigenvalue weighted by Crippen LogP contribution is -2.63. The van der Waals surface area contributed by atoms with Gasteiger partial charge in [-0.1, -0.05) is 91.0 Å². The van der Waals surface area contributed by atoms with Crippen LogP contribution in [0.2, 0.25) is 0 Å². The van der Waals surface area contributed by atoms with E-state index in [1.54, 1.807) is 20.8 Å². The Bertz CT molecular complexity index is 1040. The molecule has 4 rings (SSSR count). The zero-order valence-electron chi connectivity index (χ0n) is 19.2. The summed E-state index contributed by atoms with van der Waals surface area (Å²) in [4.78, 5) is 27.1. The number of benzene rings is 3. The summed E-state index contributed by atoms with van der Waals surface area (Å²) in [6.07, 6.45) is -1.33. The van der Waals surface area contributed by atoms with Gasteiger partial charge in [0.1, 0.15) is 17.7 Å². The summed E-state index contributed by atoms with van der Waals surface area (Å²) in [5.74, 6) is -0.342. The van der Waals surface area contributed by atoms with E-state index in [0.29, 0.717) is 0 Å². The van der Waals surface area contributed by atoms with Crippen molar-refractivity contribution < 1.29 is 18.8 Å². The van der Waals surface area contributed by atoms with Crippen LogP contribution in [-0.4, -0.2) is 38.4 Å². The van der Waals surface area contributed by atoms with E-state index in [9.17, 15) is 9.59 Å². The van der Waals surface area contributed by atoms with E-state index in [-0.39, 0.29) is 11.4 Å². The number of rotatable bonds is 6. The first-order valence-electron chi connectivity index (χ1n) is 11.2. The maximum atomic E-state index is 13.1. The van der Waals surface area contributed by atoms with E-state index in [1.165, 1.54) is 16.0 Å². The number of hydrogen-bond acceptors (Lipinski definition) is 4. The third kappa shape index (κ3) is 5.24. The van der Waals surface area contributed by atoms with Gasteiger partial charge in [-0.3, -0.25) is 4.79 Å². The van der Waals surface area contributed by atoms with Crippen molar-refractivity contribution in [1.82, 2.24) is 4.90 Å². The number of nitrogens with zero attached hydrogens (tertiary/aromatic N) is 1. The first-order valence-corrected chi connectivity index (χ1v) is 12.6. The smallest absolute Gasteiger partial charge is 0.417 e. The van der Waals surface area contributed by atoms with Gasteiger partial charge in [0.25, 0.3) is 5.91 Å². The molecule has 0 bridgehead atoms. The normalized spacial score (nSPS) is 18.5. The molecule has 2 unspecified atom stereocenters. The Morgan fingerprint density at radius 2 is 1.33 bits per heavy atom. The molecule has 0 aliphatic carbocycles. The quantitative estimate of drug-likeness (QED) is 0.394. The van der Waals surface area contributed by atoms with Crippen LogP contribution in [0.4, 0.5) is 4.79 Å². The third-order valence-corrected chi connectivity index (χ3v) is 7.45. The molecule has 1 fully saturated rings. The second-order valence-corrected chi connectivity index (χ2v) is 10.7. The molecule has 2 atom stereocenters.